The highest BCUT2D eigenvalue weighted by Gasteiger charge is 2.27. The van der Waals surface area contributed by atoms with Crippen LogP contribution < -0.4 is 5.73 Å². The van der Waals surface area contributed by atoms with Crippen LogP contribution in [0.1, 0.15) is 51.4 Å². The van der Waals surface area contributed by atoms with E-state index in [-0.39, 0.29) is 0 Å². The van der Waals surface area contributed by atoms with Gasteiger partial charge >= 0.3 is 0 Å². The maximum atomic E-state index is 6.07. The first kappa shape index (κ1) is 11.4. The van der Waals surface area contributed by atoms with Crippen LogP contribution in [0.3, 0.4) is 0 Å². The third-order valence-corrected chi connectivity index (χ3v) is 4.16. The van der Waals surface area contributed by atoms with E-state index in [0.717, 1.165) is 19.1 Å². The Morgan fingerprint density at radius 3 is 2.47 bits per heavy atom. The molecule has 2 nitrogen and oxygen atoms in total. The second-order valence-electron chi connectivity index (χ2n) is 5.30. The molecule has 2 unspecified atom stereocenters. The van der Waals surface area contributed by atoms with Crippen molar-refractivity contribution >= 4 is 0 Å². The summed E-state index contributed by atoms with van der Waals surface area (Å²) in [6.07, 6.45) is 11.4. The molecule has 0 heterocycles. The van der Waals surface area contributed by atoms with Crippen molar-refractivity contribution in [2.24, 2.45) is 17.6 Å². The molecule has 2 aliphatic rings. The predicted octanol–water partition coefficient (Wildman–Crippen LogP) is 2.71. The molecule has 2 atom stereocenters. The normalized spacial score (nSPS) is 33.4. The Morgan fingerprint density at radius 2 is 1.73 bits per heavy atom. The molecule has 0 spiro atoms. The van der Waals surface area contributed by atoms with E-state index in [0.29, 0.717) is 12.0 Å². The molecule has 2 fully saturated rings. The van der Waals surface area contributed by atoms with Crippen LogP contribution in [-0.2, 0) is 4.74 Å². The molecule has 2 rings (SSSR count). The Bertz CT molecular complexity index is 177. The molecule has 0 aromatic heterocycles. The van der Waals surface area contributed by atoms with Crippen molar-refractivity contribution in [3.63, 3.8) is 0 Å². The van der Waals surface area contributed by atoms with Gasteiger partial charge in [0.15, 0.2) is 0 Å². The first-order valence-corrected chi connectivity index (χ1v) is 6.72. The maximum absolute atomic E-state index is 6.07. The second kappa shape index (κ2) is 5.86. The average Bonchev–Trinajstić information content (AvgIpc) is 2.75. The van der Waals surface area contributed by atoms with Gasteiger partial charge in [-0.3, -0.25) is 0 Å². The lowest BCUT2D eigenvalue weighted by molar-refractivity contribution is 0.00212. The van der Waals surface area contributed by atoms with E-state index in [1.54, 1.807) is 0 Å². The highest BCUT2D eigenvalue weighted by atomic mass is 16.5. The van der Waals surface area contributed by atoms with Gasteiger partial charge in [0.05, 0.1) is 6.10 Å². The molecule has 2 N–H and O–H groups in total. The van der Waals surface area contributed by atoms with Crippen LogP contribution in [0.4, 0.5) is 0 Å². The van der Waals surface area contributed by atoms with Gasteiger partial charge in [0.1, 0.15) is 0 Å². The third-order valence-electron chi connectivity index (χ3n) is 4.16. The van der Waals surface area contributed by atoms with E-state index in [2.05, 4.69) is 0 Å². The number of nitrogens with two attached hydrogens (primary N) is 1. The van der Waals surface area contributed by atoms with Crippen LogP contribution in [-0.4, -0.2) is 19.3 Å². The van der Waals surface area contributed by atoms with Crippen LogP contribution in [0.5, 0.6) is 0 Å². The van der Waals surface area contributed by atoms with Gasteiger partial charge in [-0.1, -0.05) is 25.7 Å². The molecular formula is C13H25NO. The minimum Gasteiger partial charge on any atom is -0.378 e. The van der Waals surface area contributed by atoms with E-state index < -0.39 is 0 Å². The van der Waals surface area contributed by atoms with Crippen LogP contribution in [0.25, 0.3) is 0 Å². The van der Waals surface area contributed by atoms with Gasteiger partial charge in [0, 0.05) is 6.61 Å². The molecule has 2 heteroatoms. The number of hydrogen-bond donors (Lipinski definition) is 1. The topological polar surface area (TPSA) is 35.2 Å². The molecule has 2 saturated carbocycles. The molecule has 0 aromatic rings. The lowest BCUT2D eigenvalue weighted by Crippen LogP contribution is -2.27. The second-order valence-corrected chi connectivity index (χ2v) is 5.30. The summed E-state index contributed by atoms with van der Waals surface area (Å²) < 4.78 is 6.07. The van der Waals surface area contributed by atoms with Crippen LogP contribution in [0.2, 0.25) is 0 Å². The SMILES string of the molecule is NCC1CCCC1OCC1CCCCC1. The number of hydrogen-bond acceptors (Lipinski definition) is 2. The van der Waals surface area contributed by atoms with Crippen molar-refractivity contribution in [1.82, 2.24) is 0 Å². The van der Waals surface area contributed by atoms with Crippen molar-refractivity contribution in [2.75, 3.05) is 13.2 Å². The van der Waals surface area contributed by atoms with Crippen molar-refractivity contribution in [2.45, 2.75) is 57.5 Å². The quantitative estimate of drug-likeness (QED) is 0.776. The molecule has 15 heavy (non-hydrogen) atoms. The minimum atomic E-state index is 0.483. The van der Waals surface area contributed by atoms with Gasteiger partial charge in [-0.2, -0.15) is 0 Å². The third kappa shape index (κ3) is 3.18. The van der Waals surface area contributed by atoms with Gasteiger partial charge < -0.3 is 10.5 Å². The maximum Gasteiger partial charge on any atom is 0.0615 e. The molecule has 0 radical (unpaired) electrons. The highest BCUT2D eigenvalue weighted by Crippen LogP contribution is 2.30. The van der Waals surface area contributed by atoms with Crippen molar-refractivity contribution in [3.05, 3.63) is 0 Å². The average molecular weight is 211 g/mol. The summed E-state index contributed by atoms with van der Waals surface area (Å²) in [7, 11) is 0. The molecular weight excluding hydrogens is 186 g/mol. The number of rotatable bonds is 4. The summed E-state index contributed by atoms with van der Waals surface area (Å²) in [5.74, 6) is 1.49. The first-order valence-electron chi connectivity index (χ1n) is 6.72. The Kier molecular flexibility index (Phi) is 4.45. The largest absolute Gasteiger partial charge is 0.378 e. The monoisotopic (exact) mass is 211 g/mol. The molecule has 0 aliphatic heterocycles. The molecule has 0 saturated heterocycles. The number of ether oxygens (including phenoxy) is 1. The van der Waals surface area contributed by atoms with Gasteiger partial charge in [-0.15, -0.1) is 0 Å². The Morgan fingerprint density at radius 1 is 0.933 bits per heavy atom. The van der Waals surface area contributed by atoms with Gasteiger partial charge in [-0.25, -0.2) is 0 Å². The summed E-state index contributed by atoms with van der Waals surface area (Å²) in [6.45, 7) is 1.82. The van der Waals surface area contributed by atoms with Crippen molar-refractivity contribution < 1.29 is 4.74 Å². The smallest absolute Gasteiger partial charge is 0.0615 e. The van der Waals surface area contributed by atoms with Gasteiger partial charge in [0.25, 0.3) is 0 Å². The zero-order valence-corrected chi connectivity index (χ0v) is 9.79. The zero-order chi connectivity index (χ0) is 10.5. The van der Waals surface area contributed by atoms with E-state index in [4.69, 9.17) is 10.5 Å². The summed E-state index contributed by atoms with van der Waals surface area (Å²) in [4.78, 5) is 0. The highest BCUT2D eigenvalue weighted by molar-refractivity contribution is 4.79. The van der Waals surface area contributed by atoms with Crippen molar-refractivity contribution in [3.8, 4) is 0 Å². The molecule has 2 aliphatic carbocycles. The molecule has 0 amide bonds. The Balaban J connectivity index is 1.67. The fourth-order valence-corrected chi connectivity index (χ4v) is 3.11. The predicted molar refractivity (Wildman–Crippen MR) is 62.7 cm³/mol. The van der Waals surface area contributed by atoms with Crippen LogP contribution in [0.15, 0.2) is 0 Å². The Labute approximate surface area is 93.6 Å². The van der Waals surface area contributed by atoms with E-state index in [1.807, 2.05) is 0 Å². The summed E-state index contributed by atoms with van der Waals surface area (Å²) in [5.41, 5.74) is 5.75. The van der Waals surface area contributed by atoms with Crippen LogP contribution in [0, 0.1) is 11.8 Å². The standard InChI is InChI=1S/C13H25NO/c14-9-12-7-4-8-13(12)15-10-11-5-2-1-3-6-11/h11-13H,1-10,14H2. The fraction of sp³-hybridized carbons (Fsp3) is 1.00. The van der Waals surface area contributed by atoms with Crippen LogP contribution >= 0.6 is 0 Å². The van der Waals surface area contributed by atoms with Gasteiger partial charge in [0.2, 0.25) is 0 Å². The van der Waals surface area contributed by atoms with E-state index in [9.17, 15) is 0 Å². The molecule has 0 bridgehead atoms. The summed E-state index contributed by atoms with van der Waals surface area (Å²) in [6, 6.07) is 0. The molecule has 88 valence electrons. The van der Waals surface area contributed by atoms with Crippen molar-refractivity contribution in [1.29, 1.82) is 0 Å². The zero-order valence-electron chi connectivity index (χ0n) is 9.79. The minimum absolute atomic E-state index is 0.483. The van der Waals surface area contributed by atoms with E-state index >= 15 is 0 Å². The first-order chi connectivity index (χ1) is 7.40. The lowest BCUT2D eigenvalue weighted by atomic mass is 9.90. The summed E-state index contributed by atoms with van der Waals surface area (Å²) >= 11 is 0. The van der Waals surface area contributed by atoms with E-state index in [1.165, 1.54) is 51.4 Å². The molecule has 0 aromatic carbocycles. The fourth-order valence-electron chi connectivity index (χ4n) is 3.11. The lowest BCUT2D eigenvalue weighted by Gasteiger charge is -2.25. The Hall–Kier alpha value is -0.0800. The summed E-state index contributed by atoms with van der Waals surface area (Å²) in [5, 5.41) is 0. The van der Waals surface area contributed by atoms with Gasteiger partial charge in [-0.05, 0) is 44.1 Å².